The summed E-state index contributed by atoms with van der Waals surface area (Å²) in [5.74, 6) is 0.293. The van der Waals surface area contributed by atoms with E-state index >= 15 is 0 Å². The molecule has 3 aliphatic heterocycles. The van der Waals surface area contributed by atoms with Gasteiger partial charge in [0, 0.05) is 32.6 Å². The van der Waals surface area contributed by atoms with Crippen LogP contribution in [0.5, 0.6) is 0 Å². The van der Waals surface area contributed by atoms with E-state index in [0.717, 1.165) is 32.7 Å². The van der Waals surface area contributed by atoms with E-state index in [1.54, 1.807) is 0 Å². The fourth-order valence-electron chi connectivity index (χ4n) is 5.04. The Balaban J connectivity index is 1.24. The molecule has 3 aliphatic rings. The van der Waals surface area contributed by atoms with E-state index in [2.05, 4.69) is 63.6 Å². The van der Waals surface area contributed by atoms with E-state index in [9.17, 15) is 9.59 Å². The lowest BCUT2D eigenvalue weighted by atomic mass is 9.95. The van der Waals surface area contributed by atoms with Gasteiger partial charge in [0.05, 0.1) is 6.04 Å². The third kappa shape index (κ3) is 3.85. The van der Waals surface area contributed by atoms with Gasteiger partial charge in [-0.05, 0) is 47.6 Å². The summed E-state index contributed by atoms with van der Waals surface area (Å²) in [6.45, 7) is 4.86. The van der Waals surface area contributed by atoms with Crippen LogP contribution < -0.4 is 5.32 Å². The van der Waals surface area contributed by atoms with E-state index in [0.29, 0.717) is 18.8 Å². The van der Waals surface area contributed by atoms with Gasteiger partial charge in [-0.25, -0.2) is 0 Å². The SMILES string of the molecule is O=C1CCC(N2Cc3ccc(C4CCN(Cc5ccccc5)C4)cc3C2)C(=O)N1. The summed E-state index contributed by atoms with van der Waals surface area (Å²) in [7, 11) is 0. The number of hydrogen-bond acceptors (Lipinski definition) is 4. The lowest BCUT2D eigenvalue weighted by Gasteiger charge is -2.29. The minimum atomic E-state index is -0.184. The number of rotatable bonds is 4. The molecule has 2 amide bonds. The highest BCUT2D eigenvalue weighted by molar-refractivity contribution is 6.00. The minimum Gasteiger partial charge on any atom is -0.298 e. The van der Waals surface area contributed by atoms with Crippen molar-refractivity contribution in [1.82, 2.24) is 15.1 Å². The van der Waals surface area contributed by atoms with Crippen LogP contribution in [-0.4, -0.2) is 40.7 Å². The molecule has 0 bridgehead atoms. The summed E-state index contributed by atoms with van der Waals surface area (Å²) in [5, 5.41) is 2.49. The van der Waals surface area contributed by atoms with Crippen LogP contribution in [0, 0.1) is 0 Å². The quantitative estimate of drug-likeness (QED) is 0.817. The Labute approximate surface area is 171 Å². The van der Waals surface area contributed by atoms with Crippen molar-refractivity contribution in [3.05, 3.63) is 70.8 Å². The van der Waals surface area contributed by atoms with Crippen LogP contribution in [-0.2, 0) is 29.2 Å². The molecule has 2 aromatic rings. The topological polar surface area (TPSA) is 52.7 Å². The average molecular weight is 389 g/mol. The van der Waals surface area contributed by atoms with Gasteiger partial charge in [-0.15, -0.1) is 0 Å². The van der Waals surface area contributed by atoms with E-state index in [-0.39, 0.29) is 17.9 Å². The van der Waals surface area contributed by atoms with E-state index in [1.165, 1.54) is 28.7 Å². The standard InChI is InChI=1S/C24H27N3O2/c28-23-9-8-22(24(29)25-23)27-15-19-7-6-18(12-21(19)16-27)20-10-11-26(14-20)13-17-4-2-1-3-5-17/h1-7,12,20,22H,8-11,13-16H2,(H,25,28,29). The van der Waals surface area contributed by atoms with E-state index in [1.807, 2.05) is 0 Å². The third-order valence-electron chi connectivity index (χ3n) is 6.62. The number of carbonyl (C=O) groups excluding carboxylic acids is 2. The molecule has 0 saturated carbocycles. The van der Waals surface area contributed by atoms with Crippen molar-refractivity contribution in [2.75, 3.05) is 13.1 Å². The predicted octanol–water partition coefficient (Wildman–Crippen LogP) is 2.80. The van der Waals surface area contributed by atoms with Crippen LogP contribution >= 0.6 is 0 Å². The molecular formula is C24H27N3O2. The fraction of sp³-hybridized carbons (Fsp3) is 0.417. The summed E-state index contributed by atoms with van der Waals surface area (Å²) < 4.78 is 0. The number of piperidine rings is 1. The van der Waals surface area contributed by atoms with Crippen molar-refractivity contribution in [2.45, 2.75) is 50.9 Å². The Morgan fingerprint density at radius 2 is 1.79 bits per heavy atom. The van der Waals surface area contributed by atoms with Crippen molar-refractivity contribution in [3.63, 3.8) is 0 Å². The first kappa shape index (κ1) is 18.5. The Morgan fingerprint density at radius 1 is 0.966 bits per heavy atom. The van der Waals surface area contributed by atoms with Gasteiger partial charge in [0.1, 0.15) is 0 Å². The minimum absolute atomic E-state index is 0.137. The predicted molar refractivity (Wildman–Crippen MR) is 111 cm³/mol. The first-order chi connectivity index (χ1) is 14.2. The van der Waals surface area contributed by atoms with Crippen LogP contribution in [0.4, 0.5) is 0 Å². The number of carbonyl (C=O) groups is 2. The van der Waals surface area contributed by atoms with Crippen molar-refractivity contribution in [1.29, 1.82) is 0 Å². The number of nitrogens with zero attached hydrogens (tertiary/aromatic N) is 2. The monoisotopic (exact) mass is 389 g/mol. The number of fused-ring (bicyclic) bond motifs is 1. The van der Waals surface area contributed by atoms with Gasteiger partial charge in [0.25, 0.3) is 0 Å². The Kier molecular flexibility index (Phi) is 4.94. The molecular weight excluding hydrogens is 362 g/mol. The molecule has 2 unspecified atom stereocenters. The summed E-state index contributed by atoms with van der Waals surface area (Å²) in [4.78, 5) is 28.4. The third-order valence-corrected chi connectivity index (χ3v) is 6.62. The molecule has 5 rings (SSSR count). The Morgan fingerprint density at radius 3 is 2.62 bits per heavy atom. The van der Waals surface area contributed by atoms with Gasteiger partial charge in [0.15, 0.2) is 0 Å². The lowest BCUT2D eigenvalue weighted by molar-refractivity contribution is -0.137. The molecule has 2 saturated heterocycles. The van der Waals surface area contributed by atoms with Crippen molar-refractivity contribution in [2.24, 2.45) is 0 Å². The first-order valence-electron chi connectivity index (χ1n) is 10.6. The zero-order chi connectivity index (χ0) is 19.8. The van der Waals surface area contributed by atoms with E-state index in [4.69, 9.17) is 0 Å². The second-order valence-electron chi connectivity index (χ2n) is 8.61. The van der Waals surface area contributed by atoms with E-state index < -0.39 is 0 Å². The maximum atomic E-state index is 12.2. The normalized spacial score (nSPS) is 25.2. The summed E-state index contributed by atoms with van der Waals surface area (Å²) in [5.41, 5.74) is 5.46. The first-order valence-corrected chi connectivity index (χ1v) is 10.6. The molecule has 5 nitrogen and oxygen atoms in total. The zero-order valence-corrected chi connectivity index (χ0v) is 16.6. The van der Waals surface area contributed by atoms with Crippen LogP contribution in [0.2, 0.25) is 0 Å². The van der Waals surface area contributed by atoms with Crippen molar-refractivity contribution in [3.8, 4) is 0 Å². The summed E-state index contributed by atoms with van der Waals surface area (Å²) >= 11 is 0. The molecule has 5 heteroatoms. The Hall–Kier alpha value is -2.50. The molecule has 1 N–H and O–H groups in total. The second-order valence-corrected chi connectivity index (χ2v) is 8.61. The highest BCUT2D eigenvalue weighted by Crippen LogP contribution is 2.33. The van der Waals surface area contributed by atoms with Crippen LogP contribution in [0.1, 0.15) is 47.4 Å². The van der Waals surface area contributed by atoms with Gasteiger partial charge in [-0.3, -0.25) is 24.7 Å². The van der Waals surface area contributed by atoms with Crippen molar-refractivity contribution >= 4 is 11.8 Å². The number of amides is 2. The summed E-state index contributed by atoms with van der Waals surface area (Å²) in [6.07, 6.45) is 2.26. The number of nitrogens with one attached hydrogen (secondary N) is 1. The van der Waals surface area contributed by atoms with Gasteiger partial charge in [-0.2, -0.15) is 0 Å². The van der Waals surface area contributed by atoms with Gasteiger partial charge >= 0.3 is 0 Å². The zero-order valence-electron chi connectivity index (χ0n) is 16.6. The second kappa shape index (κ2) is 7.73. The molecule has 29 heavy (non-hydrogen) atoms. The molecule has 0 aliphatic carbocycles. The van der Waals surface area contributed by atoms with Gasteiger partial charge < -0.3 is 0 Å². The molecule has 2 atom stereocenters. The number of likely N-dealkylation sites (tertiary alicyclic amines) is 1. The number of hydrogen-bond donors (Lipinski definition) is 1. The maximum absolute atomic E-state index is 12.2. The van der Waals surface area contributed by atoms with Gasteiger partial charge in [-0.1, -0.05) is 48.5 Å². The number of benzene rings is 2. The largest absolute Gasteiger partial charge is 0.298 e. The fourth-order valence-corrected chi connectivity index (χ4v) is 5.04. The molecule has 3 heterocycles. The number of imide groups is 1. The summed E-state index contributed by atoms with van der Waals surface area (Å²) in [6, 6.07) is 17.4. The highest BCUT2D eigenvalue weighted by Gasteiger charge is 2.35. The molecule has 0 radical (unpaired) electrons. The van der Waals surface area contributed by atoms with Crippen LogP contribution in [0.25, 0.3) is 0 Å². The molecule has 0 spiro atoms. The molecule has 2 fully saturated rings. The maximum Gasteiger partial charge on any atom is 0.243 e. The highest BCUT2D eigenvalue weighted by atomic mass is 16.2. The van der Waals surface area contributed by atoms with Crippen LogP contribution in [0.15, 0.2) is 48.5 Å². The smallest absolute Gasteiger partial charge is 0.243 e. The van der Waals surface area contributed by atoms with Crippen LogP contribution in [0.3, 0.4) is 0 Å². The Bertz CT molecular complexity index is 927. The van der Waals surface area contributed by atoms with Crippen molar-refractivity contribution < 1.29 is 9.59 Å². The van der Waals surface area contributed by atoms with Gasteiger partial charge in [0.2, 0.25) is 11.8 Å². The molecule has 0 aromatic heterocycles. The lowest BCUT2D eigenvalue weighted by Crippen LogP contribution is -2.50. The molecule has 150 valence electrons. The average Bonchev–Trinajstić information content (AvgIpc) is 3.35. The molecule has 2 aromatic carbocycles.